The Labute approximate surface area is 169 Å². The largest absolute Gasteiger partial charge is 0.250 e. The van der Waals surface area contributed by atoms with E-state index in [1.807, 2.05) is 18.7 Å². The molecule has 0 atom stereocenters. The Hall–Kier alpha value is -1.05. The van der Waals surface area contributed by atoms with Gasteiger partial charge in [0.15, 0.2) is 0 Å². The quantitative estimate of drug-likeness (QED) is 0.175. The maximum absolute atomic E-state index is 3.05. The molecular formula is C25H47N2+. The zero-order valence-corrected chi connectivity index (χ0v) is 18.3. The van der Waals surface area contributed by atoms with Gasteiger partial charge in [0.2, 0.25) is 6.33 Å². The molecule has 1 aromatic heterocycles. The minimum atomic E-state index is 1.21. The molecule has 156 valence electrons. The van der Waals surface area contributed by atoms with E-state index in [0.29, 0.717) is 0 Å². The Morgan fingerprint density at radius 3 is 1.48 bits per heavy atom. The third-order valence-electron chi connectivity index (χ3n) is 5.57. The molecule has 1 rings (SSSR count). The second kappa shape index (κ2) is 19.7. The normalized spacial score (nSPS) is 11.6. The van der Waals surface area contributed by atoms with Gasteiger partial charge >= 0.3 is 0 Å². The Balaban J connectivity index is 1.67. The summed E-state index contributed by atoms with van der Waals surface area (Å²) in [6.07, 6.45) is 37.6. The molecule has 0 unspecified atom stereocenters. The predicted octanol–water partition coefficient (Wildman–Crippen LogP) is 8.20. The van der Waals surface area contributed by atoms with E-state index in [9.17, 15) is 0 Å². The molecule has 0 saturated carbocycles. The average Bonchev–Trinajstić information content (AvgIpc) is 3.20. The van der Waals surface area contributed by atoms with Gasteiger partial charge in [0, 0.05) is 0 Å². The van der Waals surface area contributed by atoms with E-state index < -0.39 is 0 Å². The van der Waals surface area contributed by atoms with E-state index in [2.05, 4.69) is 28.8 Å². The minimum Gasteiger partial charge on any atom is -0.250 e. The molecule has 1 heterocycles. The number of imidazole rings is 1. The lowest BCUT2D eigenvalue weighted by atomic mass is 10.0. The first-order valence-electron chi connectivity index (χ1n) is 12.1. The maximum Gasteiger partial charge on any atom is 0.246 e. The van der Waals surface area contributed by atoms with Gasteiger partial charge in [-0.3, -0.25) is 0 Å². The number of hydrogen-bond donors (Lipinski definition) is 1. The van der Waals surface area contributed by atoms with Crippen molar-refractivity contribution >= 4 is 6.20 Å². The monoisotopic (exact) mass is 375 g/mol. The van der Waals surface area contributed by atoms with E-state index in [-0.39, 0.29) is 0 Å². The fraction of sp³-hybridized carbons (Fsp3) is 0.800. The summed E-state index contributed by atoms with van der Waals surface area (Å²) in [5, 5.41) is 0. The number of nitrogens with one attached hydrogen (secondary N) is 1. The third-order valence-corrected chi connectivity index (χ3v) is 5.57. The highest BCUT2D eigenvalue weighted by atomic mass is 15.0. The Morgan fingerprint density at radius 2 is 1.07 bits per heavy atom. The minimum absolute atomic E-state index is 1.21. The number of H-pyrrole nitrogens is 1. The van der Waals surface area contributed by atoms with Crippen LogP contribution < -0.4 is 4.57 Å². The van der Waals surface area contributed by atoms with E-state index in [1.165, 1.54) is 122 Å². The lowest BCUT2D eigenvalue weighted by Gasteiger charge is -2.03. The highest BCUT2D eigenvalue weighted by Gasteiger charge is 1.95. The van der Waals surface area contributed by atoms with Crippen molar-refractivity contribution in [1.82, 2.24) is 4.98 Å². The number of unbranched alkanes of at least 4 members (excludes halogenated alkanes) is 18. The summed E-state index contributed by atoms with van der Waals surface area (Å²) >= 11 is 0. The SMILES string of the molecule is CCCCCCCCCCCCCCCCCCCCC=C[n+]1cc[nH]c1. The van der Waals surface area contributed by atoms with E-state index in [0.717, 1.165) is 0 Å². The number of nitrogens with zero attached hydrogens (tertiary/aromatic N) is 1. The van der Waals surface area contributed by atoms with Crippen molar-refractivity contribution in [3.05, 3.63) is 24.8 Å². The molecule has 0 amide bonds. The molecule has 0 aromatic carbocycles. The first-order valence-corrected chi connectivity index (χ1v) is 12.1. The molecule has 0 aliphatic carbocycles. The summed E-state index contributed by atoms with van der Waals surface area (Å²) in [4.78, 5) is 3.05. The summed E-state index contributed by atoms with van der Waals surface area (Å²) in [6, 6.07) is 0. The lowest BCUT2D eigenvalue weighted by Crippen LogP contribution is -2.20. The Morgan fingerprint density at radius 1 is 0.630 bits per heavy atom. The predicted molar refractivity (Wildman–Crippen MR) is 120 cm³/mol. The topological polar surface area (TPSA) is 19.7 Å². The fourth-order valence-electron chi connectivity index (χ4n) is 3.75. The highest BCUT2D eigenvalue weighted by Crippen LogP contribution is 2.14. The molecule has 0 aliphatic heterocycles. The molecule has 0 saturated heterocycles. The molecule has 0 fully saturated rings. The summed E-state index contributed by atoms with van der Waals surface area (Å²) in [5.41, 5.74) is 0. The van der Waals surface area contributed by atoms with Gasteiger partial charge in [0.05, 0.1) is 6.20 Å². The van der Waals surface area contributed by atoms with Crippen molar-refractivity contribution in [2.45, 2.75) is 129 Å². The zero-order valence-electron chi connectivity index (χ0n) is 18.3. The molecule has 0 aliphatic rings. The molecule has 0 bridgehead atoms. The first-order chi connectivity index (χ1) is 13.4. The fourth-order valence-corrected chi connectivity index (χ4v) is 3.75. The third kappa shape index (κ3) is 16.8. The molecule has 27 heavy (non-hydrogen) atoms. The van der Waals surface area contributed by atoms with Crippen molar-refractivity contribution < 1.29 is 4.57 Å². The van der Waals surface area contributed by atoms with Gasteiger partial charge in [-0.2, -0.15) is 0 Å². The number of aromatic nitrogens is 2. The molecule has 0 spiro atoms. The second-order valence-electron chi connectivity index (χ2n) is 8.24. The van der Waals surface area contributed by atoms with Gasteiger partial charge in [-0.1, -0.05) is 116 Å². The van der Waals surface area contributed by atoms with Gasteiger partial charge in [-0.05, 0) is 18.9 Å². The van der Waals surface area contributed by atoms with E-state index in [4.69, 9.17) is 0 Å². The van der Waals surface area contributed by atoms with Gasteiger partial charge in [0.1, 0.15) is 12.4 Å². The maximum atomic E-state index is 3.05. The van der Waals surface area contributed by atoms with Gasteiger partial charge in [0.25, 0.3) is 0 Å². The average molecular weight is 376 g/mol. The Bertz CT molecular complexity index is 408. The van der Waals surface area contributed by atoms with Gasteiger partial charge < -0.3 is 0 Å². The number of allylic oxidation sites excluding steroid dienone is 1. The van der Waals surface area contributed by atoms with Crippen LogP contribution in [0.1, 0.15) is 129 Å². The van der Waals surface area contributed by atoms with Crippen LogP contribution in [0.5, 0.6) is 0 Å². The summed E-state index contributed by atoms with van der Waals surface area (Å²) in [6.45, 7) is 2.30. The van der Waals surface area contributed by atoms with Crippen molar-refractivity contribution in [3.8, 4) is 0 Å². The van der Waals surface area contributed by atoms with Crippen LogP contribution in [0.2, 0.25) is 0 Å². The lowest BCUT2D eigenvalue weighted by molar-refractivity contribution is -0.566. The highest BCUT2D eigenvalue weighted by molar-refractivity contribution is 5.04. The molecule has 1 aromatic rings. The van der Waals surface area contributed by atoms with Crippen LogP contribution >= 0.6 is 0 Å². The number of rotatable bonds is 20. The second-order valence-corrected chi connectivity index (χ2v) is 8.24. The van der Waals surface area contributed by atoms with Crippen LogP contribution in [0.4, 0.5) is 0 Å². The van der Waals surface area contributed by atoms with Crippen molar-refractivity contribution in [3.63, 3.8) is 0 Å². The summed E-state index contributed by atoms with van der Waals surface area (Å²) in [5.74, 6) is 0. The summed E-state index contributed by atoms with van der Waals surface area (Å²) in [7, 11) is 0. The van der Waals surface area contributed by atoms with Crippen molar-refractivity contribution in [1.29, 1.82) is 0 Å². The van der Waals surface area contributed by atoms with Crippen LogP contribution in [0.3, 0.4) is 0 Å². The molecule has 2 nitrogen and oxygen atoms in total. The van der Waals surface area contributed by atoms with E-state index >= 15 is 0 Å². The van der Waals surface area contributed by atoms with Gasteiger partial charge in [-0.15, -0.1) is 0 Å². The smallest absolute Gasteiger partial charge is 0.246 e. The van der Waals surface area contributed by atoms with Gasteiger partial charge in [-0.25, -0.2) is 9.55 Å². The number of hydrogen-bond acceptors (Lipinski definition) is 0. The van der Waals surface area contributed by atoms with Crippen molar-refractivity contribution in [2.75, 3.05) is 0 Å². The van der Waals surface area contributed by atoms with Crippen LogP contribution in [-0.4, -0.2) is 4.98 Å². The number of aromatic amines is 1. The first kappa shape index (κ1) is 24.0. The van der Waals surface area contributed by atoms with Crippen LogP contribution in [0, 0.1) is 0 Å². The van der Waals surface area contributed by atoms with E-state index in [1.54, 1.807) is 0 Å². The van der Waals surface area contributed by atoms with Crippen molar-refractivity contribution in [2.24, 2.45) is 0 Å². The van der Waals surface area contributed by atoms with Crippen LogP contribution in [0.15, 0.2) is 24.8 Å². The Kier molecular flexibility index (Phi) is 17.5. The van der Waals surface area contributed by atoms with Crippen LogP contribution in [-0.2, 0) is 0 Å². The summed E-state index contributed by atoms with van der Waals surface area (Å²) < 4.78 is 2.06. The molecule has 1 N–H and O–H groups in total. The molecular weight excluding hydrogens is 328 g/mol. The standard InChI is InChI=1S/C25H46N2/c1-2-3-4-5-6-7-8-9-10-11-12-13-14-15-16-17-18-19-20-21-23-27-24-22-26-25-27/h21-25H,2-20H2,1H3/p+1. The molecule has 2 heteroatoms. The zero-order chi connectivity index (χ0) is 19.3. The van der Waals surface area contributed by atoms with Crippen LogP contribution in [0.25, 0.3) is 6.20 Å². The molecule has 0 radical (unpaired) electrons.